The van der Waals surface area contributed by atoms with E-state index in [-0.39, 0.29) is 18.7 Å². The molecule has 0 spiro atoms. The van der Waals surface area contributed by atoms with Gasteiger partial charge < -0.3 is 10.0 Å². The molecule has 6 heteroatoms. The van der Waals surface area contributed by atoms with Gasteiger partial charge in [0.2, 0.25) is 0 Å². The van der Waals surface area contributed by atoms with E-state index in [0.717, 1.165) is 20.8 Å². The summed E-state index contributed by atoms with van der Waals surface area (Å²) in [4.78, 5) is 28.2. The number of rotatable bonds is 5. The number of nitrogens with zero attached hydrogens (tertiary/aromatic N) is 1. The standard InChI is InChI=1S/C27H19BrClNO3/c28-20-9-4-7-18(13-20)25(31)15-27(33)23-14-21(29)11-12-24(23)30(26(27)32)16-19-8-3-6-17-5-1-2-10-22(17)19/h1-14,33H,15-16H2. The van der Waals surface area contributed by atoms with Crippen LogP contribution >= 0.6 is 27.5 Å². The highest BCUT2D eigenvalue weighted by Crippen LogP contribution is 2.45. The summed E-state index contributed by atoms with van der Waals surface area (Å²) in [6.07, 6.45) is -0.373. The minimum absolute atomic E-state index is 0.266. The summed E-state index contributed by atoms with van der Waals surface area (Å²) >= 11 is 9.59. The molecule has 0 saturated heterocycles. The highest BCUT2D eigenvalue weighted by atomic mass is 79.9. The summed E-state index contributed by atoms with van der Waals surface area (Å²) in [6.45, 7) is 0.266. The van der Waals surface area contributed by atoms with Gasteiger partial charge in [0.25, 0.3) is 5.91 Å². The lowest BCUT2D eigenvalue weighted by Gasteiger charge is -2.23. The maximum Gasteiger partial charge on any atom is 0.264 e. The Hall–Kier alpha value is -2.99. The van der Waals surface area contributed by atoms with Gasteiger partial charge in [-0.05, 0) is 46.7 Å². The van der Waals surface area contributed by atoms with E-state index in [2.05, 4.69) is 15.9 Å². The predicted molar refractivity (Wildman–Crippen MR) is 134 cm³/mol. The number of hydrogen-bond acceptors (Lipinski definition) is 3. The van der Waals surface area contributed by atoms with Crippen LogP contribution in [0.1, 0.15) is 27.9 Å². The monoisotopic (exact) mass is 519 g/mol. The molecule has 1 atom stereocenters. The highest BCUT2D eigenvalue weighted by molar-refractivity contribution is 9.10. The van der Waals surface area contributed by atoms with E-state index in [9.17, 15) is 14.7 Å². The van der Waals surface area contributed by atoms with Crippen LogP contribution in [-0.4, -0.2) is 16.8 Å². The Morgan fingerprint density at radius 3 is 2.55 bits per heavy atom. The number of anilines is 1. The van der Waals surface area contributed by atoms with Crippen molar-refractivity contribution >= 4 is 55.7 Å². The molecule has 1 N–H and O–H groups in total. The zero-order valence-corrected chi connectivity index (χ0v) is 19.8. The van der Waals surface area contributed by atoms with E-state index in [1.807, 2.05) is 48.5 Å². The van der Waals surface area contributed by atoms with Crippen molar-refractivity contribution < 1.29 is 14.7 Å². The van der Waals surface area contributed by atoms with Gasteiger partial charge in [-0.15, -0.1) is 0 Å². The van der Waals surface area contributed by atoms with Crippen molar-refractivity contribution in [3.8, 4) is 0 Å². The molecule has 0 saturated carbocycles. The number of carbonyl (C=O) groups excluding carboxylic acids is 2. The third-order valence-corrected chi connectivity index (χ3v) is 6.79. The van der Waals surface area contributed by atoms with Gasteiger partial charge in [-0.2, -0.15) is 0 Å². The lowest BCUT2D eigenvalue weighted by atomic mass is 9.88. The quantitative estimate of drug-likeness (QED) is 0.316. The van der Waals surface area contributed by atoms with Gasteiger partial charge >= 0.3 is 0 Å². The molecule has 5 rings (SSSR count). The molecule has 1 aliphatic rings. The number of ketones is 1. The van der Waals surface area contributed by atoms with Crippen molar-refractivity contribution in [3.63, 3.8) is 0 Å². The molecule has 33 heavy (non-hydrogen) atoms. The Morgan fingerprint density at radius 1 is 0.970 bits per heavy atom. The van der Waals surface area contributed by atoms with Crippen LogP contribution in [0.5, 0.6) is 0 Å². The summed E-state index contributed by atoms with van der Waals surface area (Å²) < 4.78 is 0.749. The van der Waals surface area contributed by atoms with Crippen LogP contribution < -0.4 is 4.90 Å². The molecule has 0 aliphatic carbocycles. The first-order chi connectivity index (χ1) is 15.9. The average Bonchev–Trinajstić information content (AvgIpc) is 3.00. The third-order valence-electron chi connectivity index (χ3n) is 6.07. The predicted octanol–water partition coefficient (Wildman–Crippen LogP) is 6.26. The lowest BCUT2D eigenvalue weighted by Crippen LogP contribution is -2.41. The molecule has 1 heterocycles. The second-order valence-electron chi connectivity index (χ2n) is 8.16. The van der Waals surface area contributed by atoms with Crippen molar-refractivity contribution in [2.75, 3.05) is 4.90 Å². The number of aliphatic hydroxyl groups is 1. The fraction of sp³-hybridized carbons (Fsp3) is 0.111. The topological polar surface area (TPSA) is 57.6 Å². The number of Topliss-reactive ketones (excluding diaryl/α,β-unsaturated/α-hetero) is 1. The minimum atomic E-state index is -2.00. The van der Waals surface area contributed by atoms with Gasteiger partial charge in [0.1, 0.15) is 0 Å². The molecule has 0 bridgehead atoms. The molecule has 1 aliphatic heterocycles. The summed E-state index contributed by atoms with van der Waals surface area (Å²) in [5.74, 6) is -0.860. The van der Waals surface area contributed by atoms with E-state index in [1.54, 1.807) is 41.3 Å². The van der Waals surface area contributed by atoms with Gasteiger partial charge in [-0.1, -0.05) is 82.1 Å². The number of benzene rings is 4. The zero-order chi connectivity index (χ0) is 23.2. The Labute approximate surface area is 204 Å². The average molecular weight is 521 g/mol. The van der Waals surface area contributed by atoms with E-state index in [1.165, 1.54) is 0 Å². The Bertz CT molecular complexity index is 1410. The first-order valence-electron chi connectivity index (χ1n) is 10.5. The van der Waals surface area contributed by atoms with Crippen LogP contribution in [-0.2, 0) is 16.9 Å². The molecule has 4 nitrogen and oxygen atoms in total. The SMILES string of the molecule is O=C(CC1(O)C(=O)N(Cc2cccc3ccccc23)c2ccc(Cl)cc21)c1cccc(Br)c1. The molecule has 1 unspecified atom stereocenters. The molecule has 0 radical (unpaired) electrons. The summed E-state index contributed by atoms with van der Waals surface area (Å²) in [5, 5.41) is 14.1. The van der Waals surface area contributed by atoms with Crippen molar-refractivity contribution in [2.24, 2.45) is 0 Å². The number of halogens is 2. The van der Waals surface area contributed by atoms with Crippen LogP contribution in [0.2, 0.25) is 5.02 Å². The van der Waals surface area contributed by atoms with Crippen LogP contribution in [0.4, 0.5) is 5.69 Å². The first kappa shape index (κ1) is 21.8. The summed E-state index contributed by atoms with van der Waals surface area (Å²) in [5.41, 5.74) is 0.279. The first-order valence-corrected chi connectivity index (χ1v) is 11.6. The highest BCUT2D eigenvalue weighted by Gasteiger charge is 2.51. The normalized spacial score (nSPS) is 17.4. The van der Waals surface area contributed by atoms with Gasteiger partial charge in [-0.3, -0.25) is 9.59 Å². The number of amides is 1. The number of carbonyl (C=O) groups is 2. The van der Waals surface area contributed by atoms with Crippen molar-refractivity contribution in [2.45, 2.75) is 18.6 Å². The lowest BCUT2D eigenvalue weighted by molar-refractivity contribution is -0.136. The Kier molecular flexibility index (Phi) is 5.57. The number of hydrogen-bond donors (Lipinski definition) is 1. The van der Waals surface area contributed by atoms with E-state index >= 15 is 0 Å². The van der Waals surface area contributed by atoms with E-state index in [0.29, 0.717) is 21.8 Å². The van der Waals surface area contributed by atoms with E-state index < -0.39 is 11.5 Å². The second-order valence-corrected chi connectivity index (χ2v) is 9.51. The maximum atomic E-state index is 13.6. The van der Waals surface area contributed by atoms with E-state index in [4.69, 9.17) is 11.6 Å². The fourth-order valence-electron chi connectivity index (χ4n) is 4.45. The zero-order valence-electron chi connectivity index (χ0n) is 17.5. The van der Waals surface area contributed by atoms with Gasteiger partial charge in [-0.25, -0.2) is 0 Å². The van der Waals surface area contributed by atoms with Crippen molar-refractivity contribution in [3.05, 3.63) is 111 Å². The summed E-state index contributed by atoms with van der Waals surface area (Å²) in [6, 6.07) is 25.8. The molecular formula is C27H19BrClNO3. The van der Waals surface area contributed by atoms with Crippen LogP contribution in [0.3, 0.4) is 0 Å². The van der Waals surface area contributed by atoms with Crippen LogP contribution in [0.15, 0.2) is 89.4 Å². The minimum Gasteiger partial charge on any atom is -0.375 e. The largest absolute Gasteiger partial charge is 0.375 e. The van der Waals surface area contributed by atoms with Gasteiger partial charge in [0, 0.05) is 20.6 Å². The maximum absolute atomic E-state index is 13.6. The molecule has 164 valence electrons. The third kappa shape index (κ3) is 3.86. The summed E-state index contributed by atoms with van der Waals surface area (Å²) in [7, 11) is 0. The van der Waals surface area contributed by atoms with Crippen LogP contribution in [0, 0.1) is 0 Å². The number of fused-ring (bicyclic) bond motifs is 2. The van der Waals surface area contributed by atoms with Crippen molar-refractivity contribution in [1.82, 2.24) is 0 Å². The van der Waals surface area contributed by atoms with Crippen LogP contribution in [0.25, 0.3) is 10.8 Å². The second kappa shape index (κ2) is 8.41. The molecule has 0 fully saturated rings. The fourth-order valence-corrected chi connectivity index (χ4v) is 5.02. The molecule has 4 aromatic rings. The Morgan fingerprint density at radius 2 is 1.73 bits per heavy atom. The molecule has 0 aromatic heterocycles. The Balaban J connectivity index is 1.55. The molecule has 4 aromatic carbocycles. The van der Waals surface area contributed by atoms with Crippen molar-refractivity contribution in [1.29, 1.82) is 0 Å². The molecular weight excluding hydrogens is 502 g/mol. The van der Waals surface area contributed by atoms with Gasteiger partial charge in [0.05, 0.1) is 18.7 Å². The van der Waals surface area contributed by atoms with Gasteiger partial charge in [0.15, 0.2) is 11.4 Å². The smallest absolute Gasteiger partial charge is 0.264 e. The molecule has 1 amide bonds.